The lowest BCUT2D eigenvalue weighted by atomic mass is 10.1. The number of benzene rings is 2. The van der Waals surface area contributed by atoms with Crippen molar-refractivity contribution in [2.24, 2.45) is 0 Å². The highest BCUT2D eigenvalue weighted by molar-refractivity contribution is 5.96. The number of hydrazine groups is 1. The maximum atomic E-state index is 12.2. The number of hydrogen-bond donors (Lipinski definition) is 2. The van der Waals surface area contributed by atoms with Crippen molar-refractivity contribution in [3.8, 4) is 5.75 Å². The van der Waals surface area contributed by atoms with Gasteiger partial charge < -0.3 is 4.74 Å². The number of amides is 2. The van der Waals surface area contributed by atoms with Gasteiger partial charge >= 0.3 is 0 Å². The van der Waals surface area contributed by atoms with E-state index >= 15 is 0 Å². The van der Waals surface area contributed by atoms with Crippen LogP contribution in [0.4, 0.5) is 0 Å². The largest absolute Gasteiger partial charge is 0.485 e. The summed E-state index contributed by atoms with van der Waals surface area (Å²) in [5.41, 5.74) is 7.10. The minimum atomic E-state index is -0.481. The maximum absolute atomic E-state index is 12.2. The molecule has 1 aromatic heterocycles. The summed E-state index contributed by atoms with van der Waals surface area (Å²) in [6.45, 7) is 3.73. The van der Waals surface area contributed by atoms with Gasteiger partial charge in [-0.15, -0.1) is 10.2 Å². The summed E-state index contributed by atoms with van der Waals surface area (Å²) in [4.78, 5) is 25.3. The van der Waals surface area contributed by atoms with Gasteiger partial charge in [0.2, 0.25) is 5.82 Å². The van der Waals surface area contributed by atoms with Gasteiger partial charge in [-0.1, -0.05) is 35.9 Å². The van der Waals surface area contributed by atoms with Gasteiger partial charge in [0.05, 0.1) is 0 Å². The Labute approximate surface area is 161 Å². The zero-order valence-corrected chi connectivity index (χ0v) is 15.5. The highest BCUT2D eigenvalue weighted by Gasteiger charge is 2.12. The second-order valence-corrected chi connectivity index (χ2v) is 6.16. The zero-order chi connectivity index (χ0) is 19.9. The molecule has 0 bridgehead atoms. The Kier molecular flexibility index (Phi) is 5.95. The molecule has 0 atom stereocenters. The van der Waals surface area contributed by atoms with E-state index in [0.717, 1.165) is 15.9 Å². The number of tetrazole rings is 1. The third-order valence-electron chi connectivity index (χ3n) is 3.83. The smallest absolute Gasteiger partial charge is 0.269 e. The molecule has 3 rings (SSSR count). The van der Waals surface area contributed by atoms with Gasteiger partial charge in [0, 0.05) is 5.56 Å². The lowest BCUT2D eigenvalue weighted by molar-refractivity contribution is -0.122. The van der Waals surface area contributed by atoms with Crippen LogP contribution in [0.15, 0.2) is 48.5 Å². The number of nitrogens with one attached hydrogen (secondary N) is 2. The molecule has 0 aliphatic heterocycles. The van der Waals surface area contributed by atoms with Gasteiger partial charge in [0.15, 0.2) is 6.61 Å². The SMILES string of the molecule is Cc1ccc(C(=O)NNC(=O)Cn2nnc(COc3ccccc3)n2)c(C)c1. The first-order chi connectivity index (χ1) is 13.5. The van der Waals surface area contributed by atoms with Crippen LogP contribution >= 0.6 is 0 Å². The second kappa shape index (κ2) is 8.76. The predicted molar refractivity (Wildman–Crippen MR) is 100 cm³/mol. The molecule has 144 valence electrons. The minimum absolute atomic E-state index is 0.134. The molecule has 2 aromatic carbocycles. The van der Waals surface area contributed by atoms with Crippen molar-refractivity contribution in [2.75, 3.05) is 0 Å². The number of nitrogens with zero attached hydrogens (tertiary/aromatic N) is 4. The average molecular weight is 380 g/mol. The third-order valence-corrected chi connectivity index (χ3v) is 3.83. The first kappa shape index (κ1) is 19.0. The predicted octanol–water partition coefficient (Wildman–Crippen LogP) is 1.33. The van der Waals surface area contributed by atoms with Crippen molar-refractivity contribution < 1.29 is 14.3 Å². The van der Waals surface area contributed by atoms with Crippen LogP contribution in [0.1, 0.15) is 27.3 Å². The van der Waals surface area contributed by atoms with E-state index in [1.165, 1.54) is 0 Å². The molecular weight excluding hydrogens is 360 g/mol. The van der Waals surface area contributed by atoms with Gasteiger partial charge in [-0.25, -0.2) is 0 Å². The van der Waals surface area contributed by atoms with Crippen molar-refractivity contribution in [3.63, 3.8) is 0 Å². The molecule has 0 spiro atoms. The number of aryl methyl sites for hydroxylation is 2. The molecule has 0 radical (unpaired) electrons. The summed E-state index contributed by atoms with van der Waals surface area (Å²) in [5, 5.41) is 11.7. The van der Waals surface area contributed by atoms with Crippen LogP contribution in [-0.4, -0.2) is 32.0 Å². The highest BCUT2D eigenvalue weighted by atomic mass is 16.5. The van der Waals surface area contributed by atoms with Gasteiger partial charge in [-0.3, -0.25) is 20.4 Å². The van der Waals surface area contributed by atoms with Gasteiger partial charge in [-0.2, -0.15) is 4.80 Å². The molecule has 28 heavy (non-hydrogen) atoms. The first-order valence-electron chi connectivity index (χ1n) is 8.62. The highest BCUT2D eigenvalue weighted by Crippen LogP contribution is 2.10. The molecule has 2 N–H and O–H groups in total. The van der Waals surface area contributed by atoms with Crippen LogP contribution in [-0.2, 0) is 17.9 Å². The Balaban J connectivity index is 1.47. The molecular formula is C19H20N6O3. The normalized spacial score (nSPS) is 10.4. The maximum Gasteiger partial charge on any atom is 0.269 e. The topological polar surface area (TPSA) is 111 Å². The van der Waals surface area contributed by atoms with E-state index in [4.69, 9.17) is 4.74 Å². The molecule has 1 heterocycles. The summed E-state index contributed by atoms with van der Waals surface area (Å²) in [6.07, 6.45) is 0. The monoisotopic (exact) mass is 380 g/mol. The molecule has 0 aliphatic rings. The fourth-order valence-corrected chi connectivity index (χ4v) is 2.50. The Morgan fingerprint density at radius 1 is 1.07 bits per heavy atom. The summed E-state index contributed by atoms with van der Waals surface area (Å²) < 4.78 is 5.52. The van der Waals surface area contributed by atoms with Crippen molar-refractivity contribution in [1.82, 2.24) is 31.1 Å². The Bertz CT molecular complexity index is 971. The molecule has 0 aliphatic carbocycles. The van der Waals surface area contributed by atoms with Crippen LogP contribution in [0.3, 0.4) is 0 Å². The molecule has 2 amide bonds. The number of ether oxygens (including phenoxy) is 1. The lowest BCUT2D eigenvalue weighted by Crippen LogP contribution is -2.43. The summed E-state index contributed by atoms with van der Waals surface area (Å²) in [6, 6.07) is 14.7. The van der Waals surface area contributed by atoms with E-state index in [9.17, 15) is 9.59 Å². The quantitative estimate of drug-likeness (QED) is 0.624. The average Bonchev–Trinajstić information content (AvgIpc) is 3.12. The van der Waals surface area contributed by atoms with Crippen LogP contribution in [0.2, 0.25) is 0 Å². The second-order valence-electron chi connectivity index (χ2n) is 6.16. The molecule has 0 saturated carbocycles. The number of carbonyl (C=O) groups excluding carboxylic acids is 2. The molecule has 0 saturated heterocycles. The third kappa shape index (κ3) is 5.13. The van der Waals surface area contributed by atoms with Gasteiger partial charge in [-0.05, 0) is 42.8 Å². The van der Waals surface area contributed by atoms with Crippen LogP contribution in [0.5, 0.6) is 5.75 Å². The lowest BCUT2D eigenvalue weighted by Gasteiger charge is -2.09. The fraction of sp³-hybridized carbons (Fsp3) is 0.211. The molecule has 9 heteroatoms. The summed E-state index contributed by atoms with van der Waals surface area (Å²) >= 11 is 0. The Hall–Kier alpha value is -3.75. The Morgan fingerprint density at radius 2 is 1.86 bits per heavy atom. The van der Waals surface area contributed by atoms with Crippen molar-refractivity contribution >= 4 is 11.8 Å². The minimum Gasteiger partial charge on any atom is -0.485 e. The van der Waals surface area contributed by atoms with Gasteiger partial charge in [0.25, 0.3) is 11.8 Å². The van der Waals surface area contributed by atoms with Crippen LogP contribution in [0, 0.1) is 13.8 Å². The van der Waals surface area contributed by atoms with Gasteiger partial charge in [0.1, 0.15) is 12.3 Å². The zero-order valence-electron chi connectivity index (χ0n) is 15.5. The number of carbonyl (C=O) groups is 2. The van der Waals surface area contributed by atoms with Crippen molar-refractivity contribution in [3.05, 3.63) is 71.0 Å². The molecule has 0 fully saturated rings. The summed E-state index contributed by atoms with van der Waals surface area (Å²) in [5.74, 6) is 0.155. The van der Waals surface area contributed by atoms with Crippen LogP contribution in [0.25, 0.3) is 0 Å². The Morgan fingerprint density at radius 3 is 2.61 bits per heavy atom. The van der Waals surface area contributed by atoms with E-state index < -0.39 is 11.8 Å². The summed E-state index contributed by atoms with van der Waals surface area (Å²) in [7, 11) is 0. The van der Waals surface area contributed by atoms with E-state index in [0.29, 0.717) is 17.1 Å². The van der Waals surface area contributed by atoms with E-state index in [1.807, 2.05) is 56.3 Å². The molecule has 0 unspecified atom stereocenters. The standard InChI is InChI=1S/C19H20N6O3/c1-13-8-9-16(14(2)10-13)19(27)22-21-18(26)11-25-23-17(20-24-25)12-28-15-6-4-3-5-7-15/h3-10H,11-12H2,1-2H3,(H,21,26)(H,22,27). The molecule has 3 aromatic rings. The number of rotatable bonds is 6. The number of aromatic nitrogens is 4. The van der Waals surface area contributed by atoms with Crippen molar-refractivity contribution in [1.29, 1.82) is 0 Å². The fourth-order valence-electron chi connectivity index (χ4n) is 2.50. The number of hydrogen-bond acceptors (Lipinski definition) is 6. The van der Waals surface area contributed by atoms with E-state index in [1.54, 1.807) is 6.07 Å². The molecule has 9 nitrogen and oxygen atoms in total. The number of para-hydroxylation sites is 1. The first-order valence-corrected chi connectivity index (χ1v) is 8.62. The van der Waals surface area contributed by atoms with E-state index in [2.05, 4.69) is 26.3 Å². The van der Waals surface area contributed by atoms with Crippen molar-refractivity contribution in [2.45, 2.75) is 27.0 Å². The van der Waals surface area contributed by atoms with Crippen LogP contribution < -0.4 is 15.6 Å². The van der Waals surface area contributed by atoms with E-state index in [-0.39, 0.29) is 13.2 Å².